The number of hydrogen-bond donors (Lipinski definition) is 1. The molecule has 15 heavy (non-hydrogen) atoms. The summed E-state index contributed by atoms with van der Waals surface area (Å²) in [6, 6.07) is 0. The van der Waals surface area contributed by atoms with Crippen LogP contribution in [0.4, 0.5) is 5.95 Å². The summed E-state index contributed by atoms with van der Waals surface area (Å²) in [5.41, 5.74) is 0. The molecule has 1 heterocycles. The molecule has 0 amide bonds. The van der Waals surface area contributed by atoms with E-state index in [0.717, 1.165) is 18.4 Å². The second kappa shape index (κ2) is 4.79. The first-order valence-electron chi connectivity index (χ1n) is 5.33. The molecular weight excluding hydrogens is 214 g/mol. The Hall–Kier alpha value is -0.840. The van der Waals surface area contributed by atoms with Crippen LogP contribution in [0.2, 0.25) is 0 Å². The largest absolute Gasteiger partial charge is 0.353 e. The van der Waals surface area contributed by atoms with Crippen LogP contribution in [-0.2, 0) is 7.05 Å². The lowest BCUT2D eigenvalue weighted by atomic mass is 9.98. The Labute approximate surface area is 94.2 Å². The molecule has 2 unspecified atom stereocenters. The van der Waals surface area contributed by atoms with E-state index in [2.05, 4.69) is 20.8 Å². The van der Waals surface area contributed by atoms with Gasteiger partial charge in [-0.2, -0.15) is 0 Å². The van der Waals surface area contributed by atoms with Gasteiger partial charge in [0.1, 0.15) is 0 Å². The minimum Gasteiger partial charge on any atom is -0.353 e. The van der Waals surface area contributed by atoms with Gasteiger partial charge in [-0.25, -0.2) is 4.68 Å². The maximum absolute atomic E-state index is 5.92. The first-order valence-corrected chi connectivity index (χ1v) is 5.87. The number of alkyl halides is 1. The highest BCUT2D eigenvalue weighted by Gasteiger charge is 2.26. The zero-order valence-corrected chi connectivity index (χ0v) is 9.61. The summed E-state index contributed by atoms with van der Waals surface area (Å²) < 4.78 is 1.64. The number of rotatable bonds is 4. The Balaban J connectivity index is 1.85. The fourth-order valence-electron chi connectivity index (χ4n) is 2.19. The van der Waals surface area contributed by atoms with Gasteiger partial charge in [0, 0.05) is 19.5 Å². The van der Waals surface area contributed by atoms with E-state index < -0.39 is 0 Å². The molecule has 1 aliphatic carbocycles. The summed E-state index contributed by atoms with van der Waals surface area (Å²) in [6.07, 6.45) is 3.81. The lowest BCUT2D eigenvalue weighted by molar-refractivity contribution is 0.443. The van der Waals surface area contributed by atoms with Gasteiger partial charge in [0.15, 0.2) is 0 Å². The lowest BCUT2D eigenvalue weighted by Gasteiger charge is -2.17. The Kier molecular flexibility index (Phi) is 3.41. The van der Waals surface area contributed by atoms with Crippen molar-refractivity contribution in [2.45, 2.75) is 19.3 Å². The Bertz CT molecular complexity index is 313. The van der Waals surface area contributed by atoms with Crippen LogP contribution in [0, 0.1) is 11.8 Å². The fraction of sp³-hybridized carbons (Fsp3) is 0.889. The van der Waals surface area contributed by atoms with Crippen molar-refractivity contribution in [2.24, 2.45) is 18.9 Å². The van der Waals surface area contributed by atoms with Crippen molar-refractivity contribution >= 4 is 17.5 Å². The zero-order chi connectivity index (χ0) is 10.7. The molecule has 0 spiro atoms. The molecule has 1 N–H and O–H groups in total. The summed E-state index contributed by atoms with van der Waals surface area (Å²) in [7, 11) is 1.83. The number of aromatic nitrogens is 4. The fourth-order valence-corrected chi connectivity index (χ4v) is 2.59. The molecule has 1 fully saturated rings. The van der Waals surface area contributed by atoms with E-state index in [0.29, 0.717) is 11.8 Å². The van der Waals surface area contributed by atoms with Gasteiger partial charge in [0.25, 0.3) is 0 Å². The van der Waals surface area contributed by atoms with Gasteiger partial charge < -0.3 is 5.32 Å². The highest BCUT2D eigenvalue weighted by molar-refractivity contribution is 6.18. The molecule has 1 aromatic rings. The summed E-state index contributed by atoms with van der Waals surface area (Å²) in [6.45, 7) is 0.922. The monoisotopic (exact) mass is 229 g/mol. The number of tetrazole rings is 1. The quantitative estimate of drug-likeness (QED) is 0.791. The Morgan fingerprint density at radius 1 is 1.47 bits per heavy atom. The first-order chi connectivity index (χ1) is 7.31. The van der Waals surface area contributed by atoms with E-state index in [1.54, 1.807) is 4.68 Å². The second-order valence-corrected chi connectivity index (χ2v) is 4.42. The third kappa shape index (κ3) is 2.40. The number of nitrogens with zero attached hydrogens (tertiary/aromatic N) is 4. The van der Waals surface area contributed by atoms with Crippen LogP contribution in [0.1, 0.15) is 19.3 Å². The molecular formula is C9H16ClN5. The maximum atomic E-state index is 5.92. The number of aryl methyl sites for hydroxylation is 1. The summed E-state index contributed by atoms with van der Waals surface area (Å²) in [5.74, 6) is 2.82. The van der Waals surface area contributed by atoms with Crippen molar-refractivity contribution in [3.05, 3.63) is 0 Å². The highest BCUT2D eigenvalue weighted by atomic mass is 35.5. The highest BCUT2D eigenvalue weighted by Crippen LogP contribution is 2.32. The minimum absolute atomic E-state index is 0.653. The predicted octanol–water partition coefficient (Wildman–Crippen LogP) is 1.28. The van der Waals surface area contributed by atoms with E-state index in [9.17, 15) is 0 Å². The number of nitrogens with one attached hydrogen (secondary N) is 1. The Morgan fingerprint density at radius 3 is 2.93 bits per heavy atom. The van der Waals surface area contributed by atoms with Crippen molar-refractivity contribution in [2.75, 3.05) is 17.7 Å². The molecule has 1 saturated carbocycles. The molecule has 0 saturated heterocycles. The number of hydrogen-bond acceptors (Lipinski definition) is 4. The van der Waals surface area contributed by atoms with Gasteiger partial charge in [0.05, 0.1) is 0 Å². The third-order valence-corrected chi connectivity index (χ3v) is 3.55. The van der Waals surface area contributed by atoms with Gasteiger partial charge in [-0.1, -0.05) is 11.5 Å². The summed E-state index contributed by atoms with van der Waals surface area (Å²) in [4.78, 5) is 0. The molecule has 6 heteroatoms. The van der Waals surface area contributed by atoms with Crippen LogP contribution in [0.5, 0.6) is 0 Å². The van der Waals surface area contributed by atoms with Crippen molar-refractivity contribution in [3.63, 3.8) is 0 Å². The van der Waals surface area contributed by atoms with Crippen LogP contribution >= 0.6 is 11.6 Å². The average Bonchev–Trinajstić information content (AvgIpc) is 2.83. The third-order valence-electron chi connectivity index (χ3n) is 3.16. The number of anilines is 1. The topological polar surface area (TPSA) is 55.6 Å². The molecule has 0 aromatic carbocycles. The van der Waals surface area contributed by atoms with Crippen molar-refractivity contribution in [3.8, 4) is 0 Å². The molecule has 1 aliphatic rings. The van der Waals surface area contributed by atoms with Crippen LogP contribution in [0.15, 0.2) is 0 Å². The molecule has 2 rings (SSSR count). The van der Waals surface area contributed by atoms with Crippen molar-refractivity contribution < 1.29 is 0 Å². The standard InChI is InChI=1S/C9H16ClN5/c1-15-9(12-13-14-15)11-6-8-4-2-3-7(8)5-10/h7-8H,2-6H2,1H3,(H,11,12,14). The minimum atomic E-state index is 0.653. The zero-order valence-electron chi connectivity index (χ0n) is 8.86. The van der Waals surface area contributed by atoms with Gasteiger partial charge in [-0.3, -0.25) is 0 Å². The molecule has 84 valence electrons. The molecule has 0 radical (unpaired) electrons. The average molecular weight is 230 g/mol. The van der Waals surface area contributed by atoms with E-state index in [-0.39, 0.29) is 0 Å². The van der Waals surface area contributed by atoms with Crippen molar-refractivity contribution in [1.82, 2.24) is 20.2 Å². The molecule has 0 bridgehead atoms. The van der Waals surface area contributed by atoms with E-state index >= 15 is 0 Å². The predicted molar refractivity (Wildman–Crippen MR) is 58.8 cm³/mol. The number of halogens is 1. The molecule has 1 aromatic heterocycles. The Morgan fingerprint density at radius 2 is 2.27 bits per heavy atom. The van der Waals surface area contributed by atoms with E-state index in [1.807, 2.05) is 7.05 Å². The van der Waals surface area contributed by atoms with Gasteiger partial charge in [0.2, 0.25) is 5.95 Å². The molecule has 0 aliphatic heterocycles. The maximum Gasteiger partial charge on any atom is 0.242 e. The van der Waals surface area contributed by atoms with Gasteiger partial charge >= 0.3 is 0 Å². The van der Waals surface area contributed by atoms with Gasteiger partial charge in [-0.05, 0) is 35.1 Å². The summed E-state index contributed by atoms with van der Waals surface area (Å²) in [5, 5.41) is 14.5. The lowest BCUT2D eigenvalue weighted by Crippen LogP contribution is -2.20. The van der Waals surface area contributed by atoms with Crippen LogP contribution in [-0.4, -0.2) is 32.6 Å². The second-order valence-electron chi connectivity index (χ2n) is 4.11. The van der Waals surface area contributed by atoms with Crippen molar-refractivity contribution in [1.29, 1.82) is 0 Å². The smallest absolute Gasteiger partial charge is 0.242 e. The van der Waals surface area contributed by atoms with Crippen LogP contribution < -0.4 is 5.32 Å². The van der Waals surface area contributed by atoms with Gasteiger partial charge in [-0.15, -0.1) is 11.6 Å². The molecule has 2 atom stereocenters. The SMILES string of the molecule is Cn1nnnc1NCC1CCCC1CCl. The summed E-state index contributed by atoms with van der Waals surface area (Å²) >= 11 is 5.92. The first kappa shape index (κ1) is 10.7. The van der Waals surface area contributed by atoms with E-state index in [1.165, 1.54) is 19.3 Å². The van der Waals surface area contributed by atoms with Crippen LogP contribution in [0.3, 0.4) is 0 Å². The van der Waals surface area contributed by atoms with Crippen LogP contribution in [0.25, 0.3) is 0 Å². The normalized spacial score (nSPS) is 25.7. The molecule has 5 nitrogen and oxygen atoms in total. The van der Waals surface area contributed by atoms with E-state index in [4.69, 9.17) is 11.6 Å².